The van der Waals surface area contributed by atoms with Gasteiger partial charge in [-0.15, -0.1) is 11.3 Å². The smallest absolute Gasteiger partial charge is 0.336 e. The van der Waals surface area contributed by atoms with Gasteiger partial charge in [-0.25, -0.2) is 13.8 Å². The summed E-state index contributed by atoms with van der Waals surface area (Å²) in [4.78, 5) is 39.0. The molecule has 0 aliphatic heterocycles. The number of rotatable bonds is 4. The molecule has 6 nitrogen and oxygen atoms in total. The summed E-state index contributed by atoms with van der Waals surface area (Å²) < 4.78 is 16.7. The second kappa shape index (κ2) is 7.63. The van der Waals surface area contributed by atoms with Crippen LogP contribution in [-0.2, 0) is 17.8 Å². The van der Waals surface area contributed by atoms with Crippen molar-refractivity contribution in [2.24, 2.45) is 0 Å². The fraction of sp³-hybridized carbons (Fsp3) is 0.174. The molecule has 1 atom stereocenters. The minimum Gasteiger partial charge on any atom is -0.348 e. The number of aromatic nitrogens is 2. The third-order valence-electron chi connectivity index (χ3n) is 5.62. The Morgan fingerprint density at radius 1 is 1.10 bits per heavy atom. The van der Waals surface area contributed by atoms with Crippen LogP contribution >= 0.6 is 11.3 Å². The third kappa shape index (κ3) is 3.29. The highest BCUT2D eigenvalue weighted by molar-refractivity contribution is 7.17. The Balaban J connectivity index is 1.54. The predicted octanol–water partition coefficient (Wildman–Crippen LogP) is 3.16. The van der Waals surface area contributed by atoms with Gasteiger partial charge < -0.3 is 5.32 Å². The van der Waals surface area contributed by atoms with E-state index < -0.39 is 17.1 Å². The van der Waals surface area contributed by atoms with Crippen molar-refractivity contribution in [3.05, 3.63) is 97.8 Å². The average molecular weight is 435 g/mol. The number of aryl methyl sites for hydroxylation is 1. The highest BCUT2D eigenvalue weighted by Gasteiger charge is 2.25. The number of nitrogens with zero attached hydrogens (tertiary/aromatic N) is 2. The van der Waals surface area contributed by atoms with Crippen LogP contribution in [0.15, 0.2) is 69.6 Å². The van der Waals surface area contributed by atoms with Crippen molar-refractivity contribution in [1.29, 1.82) is 0 Å². The van der Waals surface area contributed by atoms with Gasteiger partial charge in [0.1, 0.15) is 17.1 Å². The molecule has 0 spiro atoms. The molecular weight excluding hydrogens is 417 g/mol. The summed E-state index contributed by atoms with van der Waals surface area (Å²) in [5.74, 6) is -1.02. The van der Waals surface area contributed by atoms with Crippen molar-refractivity contribution in [2.45, 2.75) is 25.4 Å². The molecule has 8 heteroatoms. The molecule has 31 heavy (non-hydrogen) atoms. The molecule has 156 valence electrons. The third-order valence-corrected chi connectivity index (χ3v) is 6.51. The molecule has 2 heterocycles. The molecule has 0 unspecified atom stereocenters. The van der Waals surface area contributed by atoms with Crippen molar-refractivity contribution in [3.8, 4) is 5.69 Å². The molecule has 0 fully saturated rings. The highest BCUT2D eigenvalue weighted by Crippen LogP contribution is 2.30. The summed E-state index contributed by atoms with van der Waals surface area (Å²) in [6.07, 6.45) is 1.68. The summed E-state index contributed by atoms with van der Waals surface area (Å²) >= 11 is 1.15. The minimum absolute atomic E-state index is 0.116. The van der Waals surface area contributed by atoms with Gasteiger partial charge in [0.2, 0.25) is 5.91 Å². The van der Waals surface area contributed by atoms with E-state index in [4.69, 9.17) is 0 Å². The van der Waals surface area contributed by atoms with E-state index in [1.165, 1.54) is 28.3 Å². The lowest BCUT2D eigenvalue weighted by molar-refractivity contribution is -0.122. The van der Waals surface area contributed by atoms with Gasteiger partial charge in [0, 0.05) is 0 Å². The largest absolute Gasteiger partial charge is 0.348 e. The first-order valence-electron chi connectivity index (χ1n) is 9.89. The van der Waals surface area contributed by atoms with Gasteiger partial charge in [-0.3, -0.25) is 14.2 Å². The van der Waals surface area contributed by atoms with Gasteiger partial charge in [0.05, 0.1) is 17.2 Å². The van der Waals surface area contributed by atoms with E-state index in [2.05, 4.69) is 5.32 Å². The molecule has 4 aromatic rings. The molecule has 1 N–H and O–H groups in total. The standard InChI is InChI=1S/C23H18FN3O3S/c24-16-7-3-4-8-18(16)27-22(29)21-19(11-12-31-21)26(23(27)30)13-20(28)25-17-10-9-14-5-1-2-6-15(14)17/h1-8,11-12,17H,9-10,13H2,(H,25,28)/t17-/m0/s1. The van der Waals surface area contributed by atoms with E-state index in [1.54, 1.807) is 17.5 Å². The zero-order valence-electron chi connectivity index (χ0n) is 16.4. The first-order chi connectivity index (χ1) is 15.0. The van der Waals surface area contributed by atoms with Gasteiger partial charge >= 0.3 is 5.69 Å². The van der Waals surface area contributed by atoms with Crippen molar-refractivity contribution in [2.75, 3.05) is 0 Å². The van der Waals surface area contributed by atoms with Crippen LogP contribution in [0.1, 0.15) is 23.6 Å². The molecule has 5 rings (SSSR count). The molecule has 0 saturated carbocycles. The van der Waals surface area contributed by atoms with Crippen molar-refractivity contribution in [1.82, 2.24) is 14.5 Å². The quantitative estimate of drug-likeness (QED) is 0.535. The van der Waals surface area contributed by atoms with Crippen molar-refractivity contribution < 1.29 is 9.18 Å². The zero-order chi connectivity index (χ0) is 21.5. The summed E-state index contributed by atoms with van der Waals surface area (Å²) in [7, 11) is 0. The first kappa shape index (κ1) is 19.4. The number of amides is 1. The maximum Gasteiger partial charge on any atom is 0.336 e. The summed E-state index contributed by atoms with van der Waals surface area (Å²) in [6, 6.07) is 15.1. The molecular formula is C23H18FN3O3S. The topological polar surface area (TPSA) is 73.1 Å². The Kier molecular flexibility index (Phi) is 4.78. The molecule has 1 amide bonds. The van der Waals surface area contributed by atoms with Crippen LogP contribution in [-0.4, -0.2) is 15.0 Å². The molecule has 2 aromatic heterocycles. The van der Waals surface area contributed by atoms with Gasteiger partial charge in [-0.2, -0.15) is 0 Å². The van der Waals surface area contributed by atoms with Gasteiger partial charge in [0.25, 0.3) is 5.56 Å². The van der Waals surface area contributed by atoms with E-state index in [1.807, 2.05) is 24.3 Å². The number of carbonyl (C=O) groups is 1. The van der Waals surface area contributed by atoms with Crippen LogP contribution in [0.2, 0.25) is 0 Å². The Bertz CT molecular complexity index is 1440. The van der Waals surface area contributed by atoms with Crippen LogP contribution < -0.4 is 16.6 Å². The number of benzene rings is 2. The normalized spacial score (nSPS) is 15.2. The summed E-state index contributed by atoms with van der Waals surface area (Å²) in [5.41, 5.74) is 1.18. The molecule has 0 radical (unpaired) electrons. The molecule has 0 bridgehead atoms. The number of fused-ring (bicyclic) bond motifs is 2. The average Bonchev–Trinajstić information content (AvgIpc) is 3.41. The lowest BCUT2D eigenvalue weighted by Crippen LogP contribution is -2.42. The van der Waals surface area contributed by atoms with Gasteiger partial charge in [-0.05, 0) is 47.5 Å². The fourth-order valence-electron chi connectivity index (χ4n) is 4.18. The van der Waals surface area contributed by atoms with Crippen LogP contribution in [0.5, 0.6) is 0 Å². The lowest BCUT2D eigenvalue weighted by atomic mass is 10.1. The molecule has 0 saturated heterocycles. The molecule has 1 aliphatic rings. The molecule has 1 aliphatic carbocycles. The number of hydrogen-bond acceptors (Lipinski definition) is 4. The van der Waals surface area contributed by atoms with Crippen LogP contribution in [0.3, 0.4) is 0 Å². The monoisotopic (exact) mass is 435 g/mol. The summed E-state index contributed by atoms with van der Waals surface area (Å²) in [5, 5.41) is 4.68. The van der Waals surface area contributed by atoms with E-state index >= 15 is 0 Å². The van der Waals surface area contributed by atoms with Crippen molar-refractivity contribution in [3.63, 3.8) is 0 Å². The lowest BCUT2D eigenvalue weighted by Gasteiger charge is -2.16. The maximum absolute atomic E-state index is 14.4. The van der Waals surface area contributed by atoms with E-state index in [9.17, 15) is 18.8 Å². The zero-order valence-corrected chi connectivity index (χ0v) is 17.2. The van der Waals surface area contributed by atoms with Crippen molar-refractivity contribution >= 4 is 27.5 Å². The van der Waals surface area contributed by atoms with E-state index in [0.717, 1.165) is 34.3 Å². The van der Waals surface area contributed by atoms with Crippen LogP contribution in [0.25, 0.3) is 15.9 Å². The number of nitrogens with one attached hydrogen (secondary N) is 1. The van der Waals surface area contributed by atoms with E-state index in [-0.39, 0.29) is 24.2 Å². The Hall–Kier alpha value is -3.52. The van der Waals surface area contributed by atoms with Gasteiger partial charge in [0.15, 0.2) is 0 Å². The second-order valence-corrected chi connectivity index (χ2v) is 8.37. The Labute approximate surface area is 180 Å². The molecule has 2 aromatic carbocycles. The number of carbonyl (C=O) groups excluding carboxylic acids is 1. The number of thiophene rings is 1. The highest BCUT2D eigenvalue weighted by atomic mass is 32.1. The van der Waals surface area contributed by atoms with Crippen LogP contribution in [0, 0.1) is 5.82 Å². The number of hydrogen-bond donors (Lipinski definition) is 1. The fourth-order valence-corrected chi connectivity index (χ4v) is 5.00. The maximum atomic E-state index is 14.4. The van der Waals surface area contributed by atoms with E-state index in [0.29, 0.717) is 10.2 Å². The predicted molar refractivity (Wildman–Crippen MR) is 117 cm³/mol. The van der Waals surface area contributed by atoms with Crippen LogP contribution in [0.4, 0.5) is 4.39 Å². The minimum atomic E-state index is -0.747. The number of halogens is 1. The number of para-hydroxylation sites is 1. The van der Waals surface area contributed by atoms with Gasteiger partial charge in [-0.1, -0.05) is 36.4 Å². The Morgan fingerprint density at radius 2 is 1.87 bits per heavy atom. The SMILES string of the molecule is O=C(Cn1c(=O)n(-c2ccccc2F)c(=O)c2sccc21)N[C@H]1CCc2ccccc21. The second-order valence-electron chi connectivity index (χ2n) is 7.45. The Morgan fingerprint density at radius 3 is 2.71 bits per heavy atom. The summed E-state index contributed by atoms with van der Waals surface area (Å²) in [6.45, 7) is -0.264. The first-order valence-corrected chi connectivity index (χ1v) is 10.8.